The van der Waals surface area contributed by atoms with Crippen LogP contribution in [0.4, 0.5) is 5.82 Å². The molecule has 7 nitrogen and oxygen atoms in total. The number of hydrogen-bond acceptors (Lipinski definition) is 4. The Kier molecular flexibility index (Phi) is 3.84. The van der Waals surface area contributed by atoms with Crippen molar-refractivity contribution in [2.45, 2.75) is 19.3 Å². The van der Waals surface area contributed by atoms with Crippen LogP contribution in [0.1, 0.15) is 17.7 Å². The molecule has 0 bridgehead atoms. The van der Waals surface area contributed by atoms with E-state index in [4.69, 9.17) is 0 Å². The van der Waals surface area contributed by atoms with Crippen LogP contribution in [0.3, 0.4) is 0 Å². The van der Waals surface area contributed by atoms with Crippen molar-refractivity contribution in [1.82, 2.24) is 20.1 Å². The molecule has 1 amide bonds. The number of aryl methyl sites for hydroxylation is 1. The van der Waals surface area contributed by atoms with Crippen molar-refractivity contribution in [2.24, 2.45) is 5.92 Å². The van der Waals surface area contributed by atoms with Crippen LogP contribution in [-0.2, 0) is 17.6 Å². The van der Waals surface area contributed by atoms with E-state index in [1.165, 1.54) is 17.3 Å². The molecule has 0 radical (unpaired) electrons. The summed E-state index contributed by atoms with van der Waals surface area (Å²) in [5.74, 6) is 1.15. The molecule has 4 rings (SSSR count). The summed E-state index contributed by atoms with van der Waals surface area (Å²) in [5.41, 5.74) is 2.26. The number of carbonyl (C=O) groups excluding carboxylic acids is 1. The molecule has 1 aliphatic heterocycles. The standard InChI is InChI=1S/C17H21N5O2/c23-16-3-1-2-15(19-16)21-6-8-22(9-7-21)17(24)12-4-5-14-13(10-12)11-18-20-14/h1-3,11-12H,4-10H2,(H,18,20)(H,19,23). The Bertz CT molecular complexity index is 788. The van der Waals surface area contributed by atoms with Gasteiger partial charge in [0, 0.05) is 43.9 Å². The summed E-state index contributed by atoms with van der Waals surface area (Å²) in [4.78, 5) is 31.2. The highest BCUT2D eigenvalue weighted by Gasteiger charge is 2.31. The van der Waals surface area contributed by atoms with Crippen LogP contribution < -0.4 is 10.5 Å². The lowest BCUT2D eigenvalue weighted by atomic mass is 9.87. The first kappa shape index (κ1) is 15.0. The maximum absolute atomic E-state index is 12.8. The van der Waals surface area contributed by atoms with E-state index < -0.39 is 0 Å². The summed E-state index contributed by atoms with van der Waals surface area (Å²) in [6.45, 7) is 2.89. The van der Waals surface area contributed by atoms with Gasteiger partial charge in [-0.05, 0) is 30.9 Å². The number of hydrogen-bond donors (Lipinski definition) is 2. The third-order valence-electron chi connectivity index (χ3n) is 5.05. The largest absolute Gasteiger partial charge is 0.355 e. The van der Waals surface area contributed by atoms with E-state index in [2.05, 4.69) is 20.1 Å². The highest BCUT2D eigenvalue weighted by Crippen LogP contribution is 2.26. The number of H-pyrrole nitrogens is 2. The highest BCUT2D eigenvalue weighted by molar-refractivity contribution is 5.79. The van der Waals surface area contributed by atoms with Crippen molar-refractivity contribution < 1.29 is 4.79 Å². The predicted octanol–water partition coefficient (Wildman–Crippen LogP) is 0.552. The number of anilines is 1. The second-order valence-electron chi connectivity index (χ2n) is 6.53. The fourth-order valence-corrected chi connectivity index (χ4v) is 3.67. The zero-order chi connectivity index (χ0) is 16.5. The topological polar surface area (TPSA) is 85.1 Å². The smallest absolute Gasteiger partial charge is 0.249 e. The van der Waals surface area contributed by atoms with E-state index in [1.807, 2.05) is 17.2 Å². The molecule has 1 atom stereocenters. The van der Waals surface area contributed by atoms with Gasteiger partial charge in [-0.2, -0.15) is 5.10 Å². The molecule has 1 saturated heterocycles. The van der Waals surface area contributed by atoms with Crippen molar-refractivity contribution in [3.63, 3.8) is 0 Å². The van der Waals surface area contributed by atoms with Gasteiger partial charge >= 0.3 is 0 Å². The molecule has 126 valence electrons. The Labute approximate surface area is 139 Å². The Morgan fingerprint density at radius 3 is 2.83 bits per heavy atom. The lowest BCUT2D eigenvalue weighted by Gasteiger charge is -2.37. The van der Waals surface area contributed by atoms with Crippen molar-refractivity contribution in [2.75, 3.05) is 31.1 Å². The van der Waals surface area contributed by atoms with Gasteiger partial charge in [0.2, 0.25) is 11.5 Å². The molecule has 1 aliphatic carbocycles. The number of fused-ring (bicyclic) bond motifs is 1. The minimum absolute atomic E-state index is 0.0678. The fraction of sp³-hybridized carbons (Fsp3) is 0.471. The fourth-order valence-electron chi connectivity index (χ4n) is 3.67. The SMILES string of the molecule is O=C(C1CCc2[nH]ncc2C1)N1CCN(c2cccc(=O)[nH]2)CC1. The zero-order valence-electron chi connectivity index (χ0n) is 13.5. The van der Waals surface area contributed by atoms with Gasteiger partial charge < -0.3 is 14.8 Å². The summed E-state index contributed by atoms with van der Waals surface area (Å²) >= 11 is 0. The van der Waals surface area contributed by atoms with E-state index in [0.29, 0.717) is 13.1 Å². The highest BCUT2D eigenvalue weighted by atomic mass is 16.2. The van der Waals surface area contributed by atoms with Crippen molar-refractivity contribution >= 4 is 11.7 Å². The number of aromatic nitrogens is 3. The minimum Gasteiger partial charge on any atom is -0.355 e. The molecule has 0 spiro atoms. The summed E-state index contributed by atoms with van der Waals surface area (Å²) in [7, 11) is 0. The van der Waals surface area contributed by atoms with E-state index in [0.717, 1.165) is 38.2 Å². The molecule has 7 heteroatoms. The lowest BCUT2D eigenvalue weighted by molar-refractivity contribution is -0.136. The summed E-state index contributed by atoms with van der Waals surface area (Å²) < 4.78 is 0. The summed E-state index contributed by atoms with van der Waals surface area (Å²) in [6, 6.07) is 5.17. The normalized spacial score (nSPS) is 20.8. The van der Waals surface area contributed by atoms with E-state index in [1.54, 1.807) is 6.07 Å². The van der Waals surface area contributed by atoms with Crippen LogP contribution in [0, 0.1) is 5.92 Å². The van der Waals surface area contributed by atoms with Crippen molar-refractivity contribution in [3.8, 4) is 0 Å². The molecule has 2 aromatic rings. The van der Waals surface area contributed by atoms with Gasteiger partial charge in [-0.3, -0.25) is 14.7 Å². The molecule has 1 fully saturated rings. The number of piperazine rings is 1. The summed E-state index contributed by atoms with van der Waals surface area (Å²) in [6.07, 6.45) is 4.42. The molecule has 2 N–H and O–H groups in total. The molecule has 2 aliphatic rings. The lowest BCUT2D eigenvalue weighted by Crippen LogP contribution is -2.51. The third kappa shape index (κ3) is 2.81. The molecule has 0 aromatic carbocycles. The molecule has 1 unspecified atom stereocenters. The number of carbonyl (C=O) groups is 1. The Balaban J connectivity index is 1.37. The molecular formula is C17H21N5O2. The van der Waals surface area contributed by atoms with Crippen LogP contribution in [0.5, 0.6) is 0 Å². The number of amides is 1. The van der Waals surface area contributed by atoms with Crippen LogP contribution in [0.15, 0.2) is 29.2 Å². The Hall–Kier alpha value is -2.57. The number of nitrogens with zero attached hydrogens (tertiary/aromatic N) is 3. The van der Waals surface area contributed by atoms with Gasteiger partial charge in [-0.25, -0.2) is 0 Å². The second-order valence-corrected chi connectivity index (χ2v) is 6.53. The van der Waals surface area contributed by atoms with Crippen molar-refractivity contribution in [3.05, 3.63) is 46.0 Å². The van der Waals surface area contributed by atoms with Gasteiger partial charge in [0.25, 0.3) is 0 Å². The summed E-state index contributed by atoms with van der Waals surface area (Å²) in [5, 5.41) is 7.09. The number of nitrogens with one attached hydrogen (secondary N) is 2. The molecule has 3 heterocycles. The van der Waals surface area contributed by atoms with Crippen molar-refractivity contribution in [1.29, 1.82) is 0 Å². The average Bonchev–Trinajstić information content (AvgIpc) is 3.09. The van der Waals surface area contributed by atoms with E-state index in [9.17, 15) is 9.59 Å². The van der Waals surface area contributed by atoms with Crippen LogP contribution in [0.2, 0.25) is 0 Å². The second kappa shape index (κ2) is 6.14. The quantitative estimate of drug-likeness (QED) is 0.844. The first-order valence-electron chi connectivity index (χ1n) is 8.45. The number of rotatable bonds is 2. The van der Waals surface area contributed by atoms with Gasteiger partial charge in [0.05, 0.1) is 6.20 Å². The minimum atomic E-state index is -0.0934. The Morgan fingerprint density at radius 2 is 2.04 bits per heavy atom. The average molecular weight is 327 g/mol. The molecule has 2 aromatic heterocycles. The van der Waals surface area contributed by atoms with Gasteiger partial charge in [0.15, 0.2) is 0 Å². The van der Waals surface area contributed by atoms with E-state index in [-0.39, 0.29) is 17.4 Å². The third-order valence-corrected chi connectivity index (χ3v) is 5.05. The number of aromatic amines is 2. The first-order chi connectivity index (χ1) is 11.7. The predicted molar refractivity (Wildman–Crippen MR) is 90.0 cm³/mol. The molecule has 24 heavy (non-hydrogen) atoms. The zero-order valence-corrected chi connectivity index (χ0v) is 13.5. The van der Waals surface area contributed by atoms with Gasteiger partial charge in [0.1, 0.15) is 5.82 Å². The molecular weight excluding hydrogens is 306 g/mol. The van der Waals surface area contributed by atoms with Gasteiger partial charge in [-0.1, -0.05) is 6.07 Å². The van der Waals surface area contributed by atoms with Crippen LogP contribution in [0.25, 0.3) is 0 Å². The molecule has 0 saturated carbocycles. The van der Waals surface area contributed by atoms with Crippen LogP contribution in [-0.4, -0.2) is 52.2 Å². The monoisotopic (exact) mass is 327 g/mol. The number of pyridine rings is 1. The van der Waals surface area contributed by atoms with E-state index >= 15 is 0 Å². The maximum atomic E-state index is 12.8. The maximum Gasteiger partial charge on any atom is 0.249 e. The van der Waals surface area contributed by atoms with Crippen LogP contribution >= 0.6 is 0 Å². The Morgan fingerprint density at radius 1 is 1.21 bits per heavy atom. The first-order valence-corrected chi connectivity index (χ1v) is 8.45. The van der Waals surface area contributed by atoms with Gasteiger partial charge in [-0.15, -0.1) is 0 Å².